The molecule has 0 aromatic heterocycles. The molecule has 2 aliphatic rings. The quantitative estimate of drug-likeness (QED) is 0.543. The van der Waals surface area contributed by atoms with Gasteiger partial charge in [0.1, 0.15) is 0 Å². The lowest BCUT2D eigenvalue weighted by molar-refractivity contribution is 1.32. The topological polar surface area (TPSA) is 17.1 Å². The van der Waals surface area contributed by atoms with Gasteiger partial charge in [-0.25, -0.2) is 0 Å². The first-order valence-corrected chi connectivity index (χ1v) is 6.41. The van der Waals surface area contributed by atoms with E-state index in [2.05, 4.69) is 18.2 Å². The molecule has 1 aliphatic heterocycles. The van der Waals surface area contributed by atoms with Crippen LogP contribution in [-0.2, 0) is 0 Å². The van der Waals surface area contributed by atoms with Crippen molar-refractivity contribution < 1.29 is 0 Å². The maximum atomic E-state index is 11.9. The summed E-state index contributed by atoms with van der Waals surface area (Å²) in [6.07, 6.45) is 0. The molecule has 1 aromatic carbocycles. The highest BCUT2D eigenvalue weighted by molar-refractivity contribution is 7.21. The third-order valence-electron chi connectivity index (χ3n) is 3.12. The van der Waals surface area contributed by atoms with Crippen molar-refractivity contribution in [1.82, 2.24) is 0 Å². The van der Waals surface area contributed by atoms with Crippen molar-refractivity contribution >= 4 is 21.4 Å². The zero-order valence-electron chi connectivity index (χ0n) is 9.78. The zero-order valence-corrected chi connectivity index (χ0v) is 10.6. The summed E-state index contributed by atoms with van der Waals surface area (Å²) >= 11 is 1.70. The molecule has 84 valence electrons. The van der Waals surface area contributed by atoms with Gasteiger partial charge in [0.25, 0.3) is 0 Å². The molecule has 1 heterocycles. The summed E-state index contributed by atoms with van der Waals surface area (Å²) < 4.78 is 1.23. The molecular formula is C15H12OS. The molecule has 0 saturated carbocycles. The number of hydrogen-bond acceptors (Lipinski definition) is 2. The minimum atomic E-state index is 0.170. The van der Waals surface area contributed by atoms with E-state index >= 15 is 0 Å². The van der Waals surface area contributed by atoms with Gasteiger partial charge in [-0.05, 0) is 48.6 Å². The third-order valence-corrected chi connectivity index (χ3v) is 4.45. The summed E-state index contributed by atoms with van der Waals surface area (Å²) in [5.41, 5.74) is 3.04. The molecule has 0 N–H and O–H groups in total. The van der Waals surface area contributed by atoms with Crippen LogP contribution in [0.5, 0.6) is 0 Å². The second-order valence-corrected chi connectivity index (χ2v) is 5.40. The van der Waals surface area contributed by atoms with Gasteiger partial charge in [0.2, 0.25) is 0 Å². The van der Waals surface area contributed by atoms with Gasteiger partial charge in [0, 0.05) is 15.1 Å². The molecule has 0 saturated heterocycles. The Morgan fingerprint density at radius 2 is 1.82 bits per heavy atom. The zero-order chi connectivity index (χ0) is 12.0. The lowest BCUT2D eigenvalue weighted by Crippen LogP contribution is -2.09. The maximum Gasteiger partial charge on any atom is 0.185 e. The van der Waals surface area contributed by atoms with Crippen molar-refractivity contribution in [2.75, 3.05) is 0 Å². The van der Waals surface area contributed by atoms with Gasteiger partial charge >= 0.3 is 0 Å². The summed E-state index contributed by atoms with van der Waals surface area (Å²) in [6.45, 7) is 3.80. The Morgan fingerprint density at radius 3 is 2.65 bits per heavy atom. The Labute approximate surface area is 104 Å². The SMILES string of the molecule is Cc1cc2cc3ccccc3sc-2c(C)c1=O. The van der Waals surface area contributed by atoms with Gasteiger partial charge in [-0.3, -0.25) is 4.79 Å². The first-order chi connectivity index (χ1) is 8.16. The van der Waals surface area contributed by atoms with Crippen LogP contribution >= 0.6 is 11.3 Å². The molecule has 3 rings (SSSR count). The van der Waals surface area contributed by atoms with Crippen LogP contribution in [0.2, 0.25) is 0 Å². The first kappa shape index (κ1) is 10.5. The van der Waals surface area contributed by atoms with E-state index in [-0.39, 0.29) is 5.43 Å². The van der Waals surface area contributed by atoms with E-state index in [9.17, 15) is 4.79 Å². The molecule has 0 spiro atoms. The Balaban J connectivity index is 2.53. The molecule has 1 aliphatic carbocycles. The monoisotopic (exact) mass is 240 g/mol. The van der Waals surface area contributed by atoms with Gasteiger partial charge in [0.05, 0.1) is 0 Å². The van der Waals surface area contributed by atoms with E-state index in [1.165, 1.54) is 15.6 Å². The van der Waals surface area contributed by atoms with E-state index in [0.717, 1.165) is 16.0 Å². The molecule has 1 nitrogen and oxygen atoms in total. The summed E-state index contributed by atoms with van der Waals surface area (Å²) in [5, 5.41) is 1.24. The van der Waals surface area contributed by atoms with Gasteiger partial charge in [0.15, 0.2) is 5.43 Å². The van der Waals surface area contributed by atoms with E-state index < -0.39 is 0 Å². The Bertz CT molecular complexity index is 740. The van der Waals surface area contributed by atoms with Crippen LogP contribution in [0.1, 0.15) is 11.1 Å². The summed E-state index contributed by atoms with van der Waals surface area (Å²) in [7, 11) is 0. The van der Waals surface area contributed by atoms with E-state index in [4.69, 9.17) is 0 Å². The summed E-state index contributed by atoms with van der Waals surface area (Å²) in [5.74, 6) is 0. The molecule has 1 aromatic rings. The van der Waals surface area contributed by atoms with Crippen molar-refractivity contribution in [1.29, 1.82) is 0 Å². The van der Waals surface area contributed by atoms with Crippen LogP contribution in [0.3, 0.4) is 0 Å². The molecule has 0 atom stereocenters. The molecule has 0 radical (unpaired) electrons. The smallest absolute Gasteiger partial charge is 0.185 e. The number of fused-ring (bicyclic) bond motifs is 2. The fourth-order valence-electron chi connectivity index (χ4n) is 2.19. The normalized spacial score (nSPS) is 11.2. The van der Waals surface area contributed by atoms with Gasteiger partial charge < -0.3 is 0 Å². The van der Waals surface area contributed by atoms with Crippen molar-refractivity contribution in [3.8, 4) is 10.4 Å². The van der Waals surface area contributed by atoms with Crippen molar-refractivity contribution in [2.24, 2.45) is 0 Å². The van der Waals surface area contributed by atoms with Crippen LogP contribution in [-0.4, -0.2) is 0 Å². The van der Waals surface area contributed by atoms with E-state index in [0.29, 0.717) is 0 Å². The van der Waals surface area contributed by atoms with Crippen molar-refractivity contribution in [3.63, 3.8) is 0 Å². The van der Waals surface area contributed by atoms with Gasteiger partial charge in [-0.15, -0.1) is 11.3 Å². The fraction of sp³-hybridized carbons (Fsp3) is 0.133. The predicted octanol–water partition coefficient (Wildman–Crippen LogP) is 3.98. The van der Waals surface area contributed by atoms with Crippen LogP contribution < -0.4 is 5.43 Å². The Morgan fingerprint density at radius 1 is 1.06 bits per heavy atom. The highest BCUT2D eigenvalue weighted by Crippen LogP contribution is 2.34. The maximum absolute atomic E-state index is 11.9. The Hall–Kier alpha value is -1.67. The predicted molar refractivity (Wildman–Crippen MR) is 74.2 cm³/mol. The number of rotatable bonds is 0. The molecule has 0 fully saturated rings. The molecular weight excluding hydrogens is 228 g/mol. The standard InChI is InChI=1S/C15H12OS/c1-9-7-12-8-11-5-3-4-6-13(11)17-15(12)10(2)14(9)16/h3-8H,1-2H3. The third kappa shape index (κ3) is 1.56. The van der Waals surface area contributed by atoms with E-state index in [1.807, 2.05) is 32.0 Å². The minimum Gasteiger partial charge on any atom is -0.289 e. The van der Waals surface area contributed by atoms with Crippen LogP contribution in [0, 0.1) is 13.8 Å². The average molecular weight is 240 g/mol. The lowest BCUT2D eigenvalue weighted by atomic mass is 10.0. The average Bonchev–Trinajstić information content (AvgIpc) is 2.34. The van der Waals surface area contributed by atoms with E-state index in [1.54, 1.807) is 11.3 Å². The fourth-order valence-corrected chi connectivity index (χ4v) is 3.29. The largest absolute Gasteiger partial charge is 0.289 e. The van der Waals surface area contributed by atoms with Crippen LogP contribution in [0.4, 0.5) is 0 Å². The second kappa shape index (κ2) is 3.67. The summed E-state index contributed by atoms with van der Waals surface area (Å²) in [6, 6.07) is 12.5. The number of aryl methyl sites for hydroxylation is 1. The molecule has 2 heteroatoms. The van der Waals surface area contributed by atoms with Gasteiger partial charge in [-0.2, -0.15) is 0 Å². The Kier molecular flexibility index (Phi) is 2.26. The lowest BCUT2D eigenvalue weighted by Gasteiger charge is -2.10. The second-order valence-electron chi connectivity index (χ2n) is 4.35. The van der Waals surface area contributed by atoms with Crippen molar-refractivity contribution in [2.45, 2.75) is 13.8 Å². The highest BCUT2D eigenvalue weighted by atomic mass is 32.1. The minimum absolute atomic E-state index is 0.170. The summed E-state index contributed by atoms with van der Waals surface area (Å²) in [4.78, 5) is 13.0. The number of hydrogen-bond donors (Lipinski definition) is 0. The molecule has 0 unspecified atom stereocenters. The molecule has 17 heavy (non-hydrogen) atoms. The molecule has 0 bridgehead atoms. The first-order valence-electron chi connectivity index (χ1n) is 5.59. The highest BCUT2D eigenvalue weighted by Gasteiger charge is 2.12. The van der Waals surface area contributed by atoms with Crippen molar-refractivity contribution in [3.05, 3.63) is 57.7 Å². The molecule has 0 amide bonds. The number of benzene rings is 2. The van der Waals surface area contributed by atoms with Crippen LogP contribution in [0.25, 0.3) is 20.5 Å². The van der Waals surface area contributed by atoms with Crippen LogP contribution in [0.15, 0.2) is 41.2 Å². The van der Waals surface area contributed by atoms with Gasteiger partial charge in [-0.1, -0.05) is 18.2 Å².